The fraction of sp³-hybridized carbons (Fsp3) is 0.200. The molecule has 3 rings (SSSR count). The van der Waals surface area contributed by atoms with Crippen LogP contribution in [0.3, 0.4) is 0 Å². The molecule has 0 saturated heterocycles. The zero-order valence-corrected chi connectivity index (χ0v) is 13.6. The van der Waals surface area contributed by atoms with Crippen LogP contribution in [0.15, 0.2) is 66.7 Å². The molecule has 0 spiro atoms. The van der Waals surface area contributed by atoms with Crippen LogP contribution in [-0.2, 0) is 0 Å². The molecule has 0 aliphatic carbocycles. The molecule has 0 saturated carbocycles. The molecule has 0 amide bonds. The highest BCUT2D eigenvalue weighted by molar-refractivity contribution is 5.95. The van der Waals surface area contributed by atoms with Gasteiger partial charge in [-0.15, -0.1) is 0 Å². The third kappa shape index (κ3) is 4.02. The Kier molecular flexibility index (Phi) is 4.79. The van der Waals surface area contributed by atoms with Crippen LogP contribution in [0.4, 0.5) is 11.4 Å². The lowest BCUT2D eigenvalue weighted by atomic mass is 10.1. The highest BCUT2D eigenvalue weighted by Crippen LogP contribution is 2.27. The summed E-state index contributed by atoms with van der Waals surface area (Å²) in [6.07, 6.45) is 0. The van der Waals surface area contributed by atoms with Gasteiger partial charge < -0.3 is 15.0 Å². The minimum Gasteiger partial charge on any atom is -0.492 e. The Morgan fingerprint density at radius 3 is 2.39 bits per heavy atom. The number of nitrogens with one attached hydrogen (secondary N) is 1. The minimum absolute atomic E-state index is 0.698. The van der Waals surface area contributed by atoms with Gasteiger partial charge in [0.1, 0.15) is 12.4 Å². The van der Waals surface area contributed by atoms with Gasteiger partial charge in [0, 0.05) is 23.3 Å². The van der Waals surface area contributed by atoms with Gasteiger partial charge in [-0.05, 0) is 49.8 Å². The first-order valence-corrected chi connectivity index (χ1v) is 7.85. The van der Waals surface area contributed by atoms with Crippen LogP contribution in [0.25, 0.3) is 10.8 Å². The van der Waals surface area contributed by atoms with E-state index in [0.717, 1.165) is 23.7 Å². The lowest BCUT2D eigenvalue weighted by Crippen LogP contribution is -2.19. The summed E-state index contributed by atoms with van der Waals surface area (Å²) < 4.78 is 5.72. The van der Waals surface area contributed by atoms with Crippen LogP contribution in [0.5, 0.6) is 5.75 Å². The number of benzene rings is 3. The van der Waals surface area contributed by atoms with E-state index in [-0.39, 0.29) is 0 Å². The smallest absolute Gasteiger partial charge is 0.119 e. The summed E-state index contributed by atoms with van der Waals surface area (Å²) in [4.78, 5) is 2.11. The first-order chi connectivity index (χ1) is 11.2. The van der Waals surface area contributed by atoms with Gasteiger partial charge in [0.2, 0.25) is 0 Å². The fourth-order valence-electron chi connectivity index (χ4n) is 2.47. The van der Waals surface area contributed by atoms with Gasteiger partial charge in [-0.3, -0.25) is 0 Å². The van der Waals surface area contributed by atoms with E-state index in [9.17, 15) is 0 Å². The quantitative estimate of drug-likeness (QED) is 0.724. The summed E-state index contributed by atoms with van der Waals surface area (Å²) in [5.74, 6) is 0.898. The molecule has 0 fully saturated rings. The van der Waals surface area contributed by atoms with E-state index in [4.69, 9.17) is 4.74 Å². The van der Waals surface area contributed by atoms with Gasteiger partial charge in [-0.25, -0.2) is 0 Å². The Morgan fingerprint density at radius 2 is 1.61 bits per heavy atom. The Hall–Kier alpha value is -2.52. The standard InChI is InChI=1S/C20H22N2O/c1-22(2)14-15-23-18-12-10-17(11-13-18)21-20-9-5-7-16-6-3-4-8-19(16)20/h3-13,21H,14-15H2,1-2H3. The highest BCUT2D eigenvalue weighted by atomic mass is 16.5. The predicted octanol–water partition coefficient (Wildman–Crippen LogP) is 4.52. The number of likely N-dealkylation sites (N-methyl/N-ethyl adjacent to an activating group) is 1. The van der Waals surface area contributed by atoms with E-state index in [1.807, 2.05) is 38.4 Å². The van der Waals surface area contributed by atoms with Crippen molar-refractivity contribution in [3.05, 3.63) is 66.7 Å². The normalized spacial score (nSPS) is 10.9. The minimum atomic E-state index is 0.698. The van der Waals surface area contributed by atoms with Crippen molar-refractivity contribution in [3.8, 4) is 5.75 Å². The third-order valence-corrected chi connectivity index (χ3v) is 3.73. The van der Waals surface area contributed by atoms with Crippen LogP contribution in [0.1, 0.15) is 0 Å². The molecule has 3 heteroatoms. The van der Waals surface area contributed by atoms with E-state index in [0.29, 0.717) is 6.61 Å². The molecule has 118 valence electrons. The number of ether oxygens (including phenoxy) is 1. The largest absolute Gasteiger partial charge is 0.492 e. The second-order valence-corrected chi connectivity index (χ2v) is 5.83. The molecule has 0 aromatic heterocycles. The van der Waals surface area contributed by atoms with Gasteiger partial charge in [0.05, 0.1) is 0 Å². The van der Waals surface area contributed by atoms with Gasteiger partial charge in [0.15, 0.2) is 0 Å². The second kappa shape index (κ2) is 7.16. The Balaban J connectivity index is 1.70. The van der Waals surface area contributed by atoms with Crippen LogP contribution >= 0.6 is 0 Å². The van der Waals surface area contributed by atoms with E-state index >= 15 is 0 Å². The van der Waals surface area contributed by atoms with E-state index < -0.39 is 0 Å². The van der Waals surface area contributed by atoms with Crippen molar-refractivity contribution in [2.24, 2.45) is 0 Å². The predicted molar refractivity (Wildman–Crippen MR) is 97.7 cm³/mol. The molecule has 0 heterocycles. The summed E-state index contributed by atoms with van der Waals surface area (Å²) in [6.45, 7) is 1.61. The SMILES string of the molecule is CN(C)CCOc1ccc(Nc2cccc3ccccc23)cc1. The van der Waals surface area contributed by atoms with Gasteiger partial charge in [-0.2, -0.15) is 0 Å². The van der Waals surface area contributed by atoms with Crippen molar-refractivity contribution in [3.63, 3.8) is 0 Å². The first kappa shape index (κ1) is 15.4. The monoisotopic (exact) mass is 306 g/mol. The second-order valence-electron chi connectivity index (χ2n) is 5.83. The summed E-state index contributed by atoms with van der Waals surface area (Å²) in [5.41, 5.74) is 2.17. The molecule has 0 radical (unpaired) electrons. The molecular formula is C20H22N2O. The highest BCUT2D eigenvalue weighted by Gasteiger charge is 2.01. The zero-order valence-electron chi connectivity index (χ0n) is 13.6. The van der Waals surface area contributed by atoms with Crippen LogP contribution in [0, 0.1) is 0 Å². The van der Waals surface area contributed by atoms with E-state index in [1.54, 1.807) is 0 Å². The van der Waals surface area contributed by atoms with Crippen molar-refractivity contribution in [1.82, 2.24) is 4.90 Å². The number of fused-ring (bicyclic) bond motifs is 1. The van der Waals surface area contributed by atoms with Crippen molar-refractivity contribution >= 4 is 22.1 Å². The molecule has 3 nitrogen and oxygen atoms in total. The van der Waals surface area contributed by atoms with Gasteiger partial charge in [-0.1, -0.05) is 36.4 Å². The number of hydrogen-bond acceptors (Lipinski definition) is 3. The van der Waals surface area contributed by atoms with Crippen LogP contribution in [0.2, 0.25) is 0 Å². The van der Waals surface area contributed by atoms with Crippen LogP contribution < -0.4 is 10.1 Å². The Bertz CT molecular complexity index is 761. The average Bonchev–Trinajstić information content (AvgIpc) is 2.56. The molecule has 23 heavy (non-hydrogen) atoms. The number of rotatable bonds is 6. The lowest BCUT2D eigenvalue weighted by Gasteiger charge is -2.12. The molecule has 0 aliphatic rings. The van der Waals surface area contributed by atoms with Gasteiger partial charge in [0.25, 0.3) is 0 Å². The van der Waals surface area contributed by atoms with E-state index in [1.165, 1.54) is 10.8 Å². The first-order valence-electron chi connectivity index (χ1n) is 7.85. The number of nitrogens with zero attached hydrogens (tertiary/aromatic N) is 1. The van der Waals surface area contributed by atoms with Crippen molar-refractivity contribution in [2.75, 3.05) is 32.6 Å². The number of hydrogen-bond donors (Lipinski definition) is 1. The summed E-state index contributed by atoms with van der Waals surface area (Å²) in [6, 6.07) is 22.8. The fourth-order valence-corrected chi connectivity index (χ4v) is 2.47. The lowest BCUT2D eigenvalue weighted by molar-refractivity contribution is 0.261. The summed E-state index contributed by atoms with van der Waals surface area (Å²) in [7, 11) is 4.08. The number of anilines is 2. The maximum absolute atomic E-state index is 5.72. The Morgan fingerprint density at radius 1 is 0.870 bits per heavy atom. The Labute approximate surface area is 137 Å². The van der Waals surface area contributed by atoms with Crippen molar-refractivity contribution < 1.29 is 4.74 Å². The van der Waals surface area contributed by atoms with E-state index in [2.05, 4.69) is 52.7 Å². The summed E-state index contributed by atoms with van der Waals surface area (Å²) >= 11 is 0. The average molecular weight is 306 g/mol. The third-order valence-electron chi connectivity index (χ3n) is 3.73. The molecular weight excluding hydrogens is 284 g/mol. The molecule has 1 N–H and O–H groups in total. The zero-order chi connectivity index (χ0) is 16.1. The summed E-state index contributed by atoms with van der Waals surface area (Å²) in [5, 5.41) is 5.95. The maximum Gasteiger partial charge on any atom is 0.119 e. The topological polar surface area (TPSA) is 24.5 Å². The van der Waals surface area contributed by atoms with Crippen molar-refractivity contribution in [2.45, 2.75) is 0 Å². The molecule has 0 atom stereocenters. The van der Waals surface area contributed by atoms with Crippen LogP contribution in [-0.4, -0.2) is 32.1 Å². The molecule has 0 aliphatic heterocycles. The molecule has 3 aromatic carbocycles. The van der Waals surface area contributed by atoms with Gasteiger partial charge >= 0.3 is 0 Å². The van der Waals surface area contributed by atoms with Crippen molar-refractivity contribution in [1.29, 1.82) is 0 Å². The molecule has 0 bridgehead atoms. The molecule has 0 unspecified atom stereocenters. The molecule has 3 aromatic rings. The maximum atomic E-state index is 5.72.